The molecule has 0 unspecified atom stereocenters. The molecule has 1 fully saturated rings. The van der Waals surface area contributed by atoms with Gasteiger partial charge in [-0.1, -0.05) is 36.4 Å². The Hall–Kier alpha value is -3.32. The molecule has 2 aromatic carbocycles. The molecule has 1 aliphatic heterocycles. The van der Waals surface area contributed by atoms with Gasteiger partial charge in [0.2, 0.25) is 5.91 Å². The number of carbonyl (C=O) groups excluding carboxylic acids is 3. The van der Waals surface area contributed by atoms with Crippen LogP contribution in [0.25, 0.3) is 17.0 Å². The molecule has 4 rings (SSSR count). The molecule has 6 nitrogen and oxygen atoms in total. The molecule has 1 N–H and O–H groups in total. The van der Waals surface area contributed by atoms with Crippen molar-refractivity contribution < 1.29 is 14.4 Å². The van der Waals surface area contributed by atoms with E-state index in [-0.39, 0.29) is 6.54 Å². The molecule has 0 aliphatic carbocycles. The average Bonchev–Trinajstić information content (AvgIpc) is 3.23. The van der Waals surface area contributed by atoms with Crippen LogP contribution in [0, 0.1) is 13.8 Å². The van der Waals surface area contributed by atoms with E-state index in [1.165, 1.54) is 0 Å². The first-order valence-corrected chi connectivity index (χ1v) is 10.9. The number of hydrogen-bond acceptors (Lipinski definition) is 4. The number of nitrogens with one attached hydrogen (secondary N) is 1. The van der Waals surface area contributed by atoms with Gasteiger partial charge in [-0.05, 0) is 55.8 Å². The molecule has 0 atom stereocenters. The Balaban J connectivity index is 1.55. The van der Waals surface area contributed by atoms with E-state index in [0.717, 1.165) is 50.8 Å². The zero-order valence-corrected chi connectivity index (χ0v) is 18.5. The van der Waals surface area contributed by atoms with Crippen LogP contribution in [0.5, 0.6) is 0 Å². The van der Waals surface area contributed by atoms with Crippen LogP contribution < -0.4 is 5.32 Å². The summed E-state index contributed by atoms with van der Waals surface area (Å²) in [6.07, 6.45) is 3.72. The van der Waals surface area contributed by atoms with E-state index < -0.39 is 17.1 Å². The van der Waals surface area contributed by atoms with Gasteiger partial charge in [0.25, 0.3) is 11.1 Å². The number of thioether (sulfide) groups is 1. The van der Waals surface area contributed by atoms with Crippen molar-refractivity contribution in [3.8, 4) is 0 Å². The predicted octanol–water partition coefficient (Wildman–Crippen LogP) is 4.95. The normalized spacial score (nSPS) is 15.3. The first-order valence-electron chi connectivity index (χ1n) is 10.1. The highest BCUT2D eigenvalue weighted by molar-refractivity contribution is 8.18. The number of amides is 3. The molecule has 3 aromatic rings. The average molecular weight is 434 g/mol. The maximum atomic E-state index is 12.9. The van der Waals surface area contributed by atoms with Gasteiger partial charge in [-0.3, -0.25) is 19.3 Å². The smallest absolute Gasteiger partial charge is 0.294 e. The highest BCUT2D eigenvalue weighted by Crippen LogP contribution is 2.34. The summed E-state index contributed by atoms with van der Waals surface area (Å²) in [7, 11) is 0. The van der Waals surface area contributed by atoms with Crippen molar-refractivity contribution in [2.24, 2.45) is 0 Å². The Labute approximate surface area is 184 Å². The van der Waals surface area contributed by atoms with Crippen LogP contribution in [0.3, 0.4) is 0 Å². The van der Waals surface area contributed by atoms with Crippen LogP contribution in [0.1, 0.15) is 23.6 Å². The second-order valence-corrected chi connectivity index (χ2v) is 8.46. The largest absolute Gasteiger partial charge is 0.347 e. The molecule has 158 valence electrons. The SMILES string of the molecule is CCn1cc(C=C2SC(=O)N(CC(=O)Nc3c(C)cccc3C)C2=O)c2ccccc21. The van der Waals surface area contributed by atoms with Crippen LogP contribution in [0.15, 0.2) is 53.6 Å². The number of aromatic nitrogens is 1. The number of aryl methyl sites for hydroxylation is 3. The minimum absolute atomic E-state index is 0.313. The van der Waals surface area contributed by atoms with E-state index in [9.17, 15) is 14.4 Å². The standard InChI is InChI=1S/C24H23N3O3S/c1-4-26-13-17(18-10-5-6-11-19(18)26)12-20-23(29)27(24(30)31-20)14-21(28)25-22-15(2)8-7-9-16(22)3/h5-13H,4,14H2,1-3H3,(H,25,28). The zero-order chi connectivity index (χ0) is 22.1. The van der Waals surface area contributed by atoms with Gasteiger partial charge in [0.1, 0.15) is 6.54 Å². The molecule has 0 saturated carbocycles. The number of fused-ring (bicyclic) bond motifs is 1. The number of nitrogens with zero attached hydrogens (tertiary/aromatic N) is 2. The minimum atomic E-state index is -0.444. The van der Waals surface area contributed by atoms with E-state index in [0.29, 0.717) is 10.6 Å². The third kappa shape index (κ3) is 4.01. The van der Waals surface area contributed by atoms with Gasteiger partial charge in [-0.2, -0.15) is 0 Å². The van der Waals surface area contributed by atoms with Gasteiger partial charge >= 0.3 is 0 Å². The highest BCUT2D eigenvalue weighted by atomic mass is 32.2. The first-order chi connectivity index (χ1) is 14.9. The fraction of sp³-hybridized carbons (Fsp3) is 0.208. The van der Waals surface area contributed by atoms with Gasteiger partial charge < -0.3 is 9.88 Å². The lowest BCUT2D eigenvalue weighted by molar-refractivity contribution is -0.127. The van der Waals surface area contributed by atoms with Gasteiger partial charge in [0.15, 0.2) is 0 Å². The second-order valence-electron chi connectivity index (χ2n) is 7.47. The summed E-state index contributed by atoms with van der Waals surface area (Å²) in [6.45, 7) is 6.34. The Morgan fingerprint density at radius 2 is 1.77 bits per heavy atom. The molecule has 2 heterocycles. The summed E-state index contributed by atoms with van der Waals surface area (Å²) >= 11 is 0.866. The maximum Gasteiger partial charge on any atom is 0.294 e. The zero-order valence-electron chi connectivity index (χ0n) is 17.6. The van der Waals surface area contributed by atoms with Crippen LogP contribution in [0.2, 0.25) is 0 Å². The van der Waals surface area contributed by atoms with Crippen molar-refractivity contribution in [3.63, 3.8) is 0 Å². The number of hydrogen-bond donors (Lipinski definition) is 1. The highest BCUT2D eigenvalue weighted by Gasteiger charge is 2.36. The quantitative estimate of drug-likeness (QED) is 0.578. The van der Waals surface area contributed by atoms with Crippen molar-refractivity contribution in [3.05, 3.63) is 70.3 Å². The summed E-state index contributed by atoms with van der Waals surface area (Å²) in [6, 6.07) is 13.7. The van der Waals surface area contributed by atoms with Crippen LogP contribution in [-0.2, 0) is 16.1 Å². The summed E-state index contributed by atoms with van der Waals surface area (Å²) in [5.41, 5.74) is 4.51. The van der Waals surface area contributed by atoms with Crippen molar-refractivity contribution in [2.45, 2.75) is 27.3 Å². The second kappa shape index (κ2) is 8.43. The summed E-state index contributed by atoms with van der Waals surface area (Å²) in [5, 5.41) is 3.41. The van der Waals surface area contributed by atoms with Crippen molar-refractivity contribution in [2.75, 3.05) is 11.9 Å². The van der Waals surface area contributed by atoms with Crippen molar-refractivity contribution >= 4 is 51.5 Å². The number of imide groups is 1. The molecule has 1 aliphatic rings. The van der Waals surface area contributed by atoms with Crippen LogP contribution in [-0.4, -0.2) is 33.1 Å². The molecule has 31 heavy (non-hydrogen) atoms. The Bertz CT molecular complexity index is 1220. The molecule has 0 spiro atoms. The lowest BCUT2D eigenvalue weighted by atomic mass is 10.1. The Morgan fingerprint density at radius 3 is 2.48 bits per heavy atom. The third-order valence-corrected chi connectivity index (χ3v) is 6.27. The maximum absolute atomic E-state index is 12.9. The van der Waals surface area contributed by atoms with Gasteiger partial charge in [-0.25, -0.2) is 0 Å². The molecular formula is C24H23N3O3S. The molecule has 1 aromatic heterocycles. The topological polar surface area (TPSA) is 71.4 Å². The van der Waals surface area contributed by atoms with Crippen LogP contribution in [0.4, 0.5) is 10.5 Å². The molecule has 3 amide bonds. The van der Waals surface area contributed by atoms with E-state index in [1.807, 2.05) is 62.5 Å². The van der Waals surface area contributed by atoms with E-state index >= 15 is 0 Å². The molecule has 7 heteroatoms. The van der Waals surface area contributed by atoms with Crippen molar-refractivity contribution in [1.82, 2.24) is 9.47 Å². The Kier molecular flexibility index (Phi) is 5.69. The van der Waals surface area contributed by atoms with Crippen LogP contribution >= 0.6 is 11.8 Å². The predicted molar refractivity (Wildman–Crippen MR) is 125 cm³/mol. The van der Waals surface area contributed by atoms with E-state index in [1.54, 1.807) is 6.08 Å². The van der Waals surface area contributed by atoms with E-state index in [2.05, 4.69) is 16.8 Å². The number of benzene rings is 2. The number of rotatable bonds is 5. The summed E-state index contributed by atoms with van der Waals surface area (Å²) in [4.78, 5) is 39.2. The van der Waals surface area contributed by atoms with E-state index in [4.69, 9.17) is 0 Å². The number of para-hydroxylation sites is 2. The molecular weight excluding hydrogens is 410 g/mol. The number of carbonyl (C=O) groups is 3. The fourth-order valence-corrected chi connectivity index (χ4v) is 4.59. The molecule has 0 radical (unpaired) electrons. The summed E-state index contributed by atoms with van der Waals surface area (Å²) in [5.74, 6) is -0.844. The monoisotopic (exact) mass is 433 g/mol. The van der Waals surface area contributed by atoms with Gasteiger partial charge in [0.05, 0.1) is 4.91 Å². The third-order valence-electron chi connectivity index (χ3n) is 5.37. The lowest BCUT2D eigenvalue weighted by Crippen LogP contribution is -2.36. The number of anilines is 1. The minimum Gasteiger partial charge on any atom is -0.347 e. The first kappa shape index (κ1) is 20.9. The Morgan fingerprint density at radius 1 is 1.06 bits per heavy atom. The van der Waals surface area contributed by atoms with Gasteiger partial charge in [-0.15, -0.1) is 0 Å². The summed E-state index contributed by atoms with van der Waals surface area (Å²) < 4.78 is 2.10. The molecule has 1 saturated heterocycles. The fourth-order valence-electron chi connectivity index (χ4n) is 3.76. The lowest BCUT2D eigenvalue weighted by Gasteiger charge is -2.15. The molecule has 0 bridgehead atoms. The van der Waals surface area contributed by atoms with Gasteiger partial charge in [0, 0.05) is 34.9 Å². The van der Waals surface area contributed by atoms with Crippen molar-refractivity contribution in [1.29, 1.82) is 0 Å².